The number of pyridine rings is 1. The van der Waals surface area contributed by atoms with Crippen LogP contribution >= 0.6 is 24.0 Å². The van der Waals surface area contributed by atoms with Crippen molar-refractivity contribution in [2.45, 2.75) is 39.8 Å². The van der Waals surface area contributed by atoms with Crippen LogP contribution in [-0.4, -0.2) is 37.4 Å². The van der Waals surface area contributed by atoms with E-state index in [-0.39, 0.29) is 49.0 Å². The summed E-state index contributed by atoms with van der Waals surface area (Å²) in [6.45, 7) is 4.82. The van der Waals surface area contributed by atoms with Gasteiger partial charge in [0.15, 0.2) is 17.5 Å². The quantitative estimate of drug-likeness (QED) is 0.266. The highest BCUT2D eigenvalue weighted by atomic mass is 127. The Balaban J connectivity index is 0.00000363. The number of aromatic nitrogens is 1. The zero-order chi connectivity index (χ0) is 22.2. The molecule has 1 aromatic heterocycles. The lowest BCUT2D eigenvalue weighted by Crippen LogP contribution is -2.40. The Bertz CT molecular complexity index is 885. The maximum atomic E-state index is 12.9. The number of nitrogens with one attached hydrogen (secondary N) is 2. The number of hydrogen-bond acceptors (Lipinski definition) is 5. The highest BCUT2D eigenvalue weighted by Crippen LogP contribution is 2.39. The first-order valence-corrected chi connectivity index (χ1v) is 10.3. The van der Waals surface area contributed by atoms with E-state index in [1.165, 1.54) is 6.07 Å². The Labute approximate surface area is 204 Å². The van der Waals surface area contributed by atoms with E-state index in [2.05, 4.69) is 45.3 Å². The van der Waals surface area contributed by atoms with E-state index in [9.17, 15) is 8.78 Å². The maximum Gasteiger partial charge on any atom is 0.387 e. The Hall–Kier alpha value is -2.37. The predicted octanol–water partition coefficient (Wildman–Crippen LogP) is 4.52. The largest absolute Gasteiger partial charge is 0.454 e. The molecule has 0 bridgehead atoms. The van der Waals surface area contributed by atoms with Gasteiger partial charge in [-0.05, 0) is 30.5 Å². The Morgan fingerprint density at radius 1 is 1.22 bits per heavy atom. The van der Waals surface area contributed by atoms with Gasteiger partial charge in [-0.2, -0.15) is 8.78 Å². The van der Waals surface area contributed by atoms with Gasteiger partial charge in [-0.25, -0.2) is 4.99 Å². The van der Waals surface area contributed by atoms with E-state index in [0.717, 1.165) is 5.56 Å². The Morgan fingerprint density at radius 2 is 1.97 bits per heavy atom. The molecule has 1 aromatic carbocycles. The number of fused-ring (bicyclic) bond motifs is 1. The Morgan fingerprint density at radius 3 is 2.59 bits per heavy atom. The lowest BCUT2D eigenvalue weighted by molar-refractivity contribution is -0.0505. The van der Waals surface area contributed by atoms with Crippen molar-refractivity contribution in [3.63, 3.8) is 0 Å². The third-order valence-corrected chi connectivity index (χ3v) is 4.93. The third kappa shape index (κ3) is 7.07. The van der Waals surface area contributed by atoms with Gasteiger partial charge >= 0.3 is 6.61 Å². The molecule has 0 spiro atoms. The van der Waals surface area contributed by atoms with Crippen LogP contribution in [-0.2, 0) is 6.54 Å². The predicted molar refractivity (Wildman–Crippen MR) is 129 cm³/mol. The molecule has 0 fully saturated rings. The number of guanidine groups is 1. The highest BCUT2D eigenvalue weighted by molar-refractivity contribution is 14.0. The second kappa shape index (κ2) is 12.6. The summed E-state index contributed by atoms with van der Waals surface area (Å²) in [7, 11) is 0. The molecule has 7 nitrogen and oxygen atoms in total. The van der Waals surface area contributed by atoms with Gasteiger partial charge in [0.2, 0.25) is 6.79 Å². The summed E-state index contributed by atoms with van der Waals surface area (Å²) in [5, 5.41) is 6.54. The van der Waals surface area contributed by atoms with Crippen LogP contribution in [0.15, 0.2) is 41.7 Å². The molecule has 0 aliphatic carbocycles. The van der Waals surface area contributed by atoms with Crippen molar-refractivity contribution < 1.29 is 23.0 Å². The molecule has 3 rings (SSSR count). The number of rotatable bonds is 9. The van der Waals surface area contributed by atoms with Crippen molar-refractivity contribution in [1.82, 2.24) is 15.6 Å². The maximum absolute atomic E-state index is 12.9. The summed E-state index contributed by atoms with van der Waals surface area (Å²) in [6.07, 6.45) is 3.63. The van der Waals surface area contributed by atoms with Crippen LogP contribution in [0, 0.1) is 5.92 Å². The minimum atomic E-state index is -2.94. The average Bonchev–Trinajstić information content (AvgIpc) is 3.19. The van der Waals surface area contributed by atoms with Crippen LogP contribution in [0.4, 0.5) is 8.78 Å². The summed E-state index contributed by atoms with van der Waals surface area (Å²) in [4.78, 5) is 8.78. The summed E-state index contributed by atoms with van der Waals surface area (Å²) < 4.78 is 41.0. The molecule has 2 aromatic rings. The molecule has 10 heteroatoms. The fraction of sp³-hybridized carbons (Fsp3) is 0.455. The van der Waals surface area contributed by atoms with E-state index in [1.54, 1.807) is 12.3 Å². The molecule has 1 aliphatic rings. The van der Waals surface area contributed by atoms with E-state index in [4.69, 9.17) is 9.47 Å². The van der Waals surface area contributed by atoms with Crippen LogP contribution < -0.4 is 24.8 Å². The Kier molecular flexibility index (Phi) is 10.2. The molecule has 32 heavy (non-hydrogen) atoms. The van der Waals surface area contributed by atoms with E-state index in [1.807, 2.05) is 19.2 Å². The minimum Gasteiger partial charge on any atom is -0.454 e. The average molecular weight is 562 g/mol. The monoisotopic (exact) mass is 562 g/mol. The van der Waals surface area contributed by atoms with E-state index in [0.29, 0.717) is 42.0 Å². The van der Waals surface area contributed by atoms with Crippen LogP contribution in [0.2, 0.25) is 0 Å². The zero-order valence-electron chi connectivity index (χ0n) is 18.3. The van der Waals surface area contributed by atoms with Gasteiger partial charge in [0.05, 0.1) is 6.54 Å². The van der Waals surface area contributed by atoms with E-state index < -0.39 is 6.61 Å². The number of hydrogen-bond donors (Lipinski definition) is 2. The molecular formula is C22H29F2IN4O3. The molecule has 0 saturated carbocycles. The molecule has 0 radical (unpaired) electrons. The van der Waals surface area contributed by atoms with Gasteiger partial charge in [-0.1, -0.05) is 19.9 Å². The van der Waals surface area contributed by atoms with Crippen molar-refractivity contribution in [2.75, 3.05) is 19.9 Å². The first-order valence-electron chi connectivity index (χ1n) is 10.3. The van der Waals surface area contributed by atoms with Gasteiger partial charge in [-0.15, -0.1) is 24.0 Å². The SMILES string of the molecule is CCNC(=NCc1cc2c(cc1OC(F)F)OCO2)NCC(c1cccnc1)C(C)C.I. The van der Waals surface area contributed by atoms with Crippen LogP contribution in [0.25, 0.3) is 0 Å². The lowest BCUT2D eigenvalue weighted by atomic mass is 9.89. The second-order valence-corrected chi connectivity index (χ2v) is 7.40. The van der Waals surface area contributed by atoms with Gasteiger partial charge in [0.25, 0.3) is 0 Å². The summed E-state index contributed by atoms with van der Waals surface area (Å²) in [5.74, 6) is 2.10. The van der Waals surface area contributed by atoms with E-state index >= 15 is 0 Å². The molecular weight excluding hydrogens is 533 g/mol. The fourth-order valence-corrected chi connectivity index (χ4v) is 3.34. The number of halogens is 3. The number of aliphatic imine (C=N–C) groups is 1. The van der Waals surface area contributed by atoms with Crippen LogP contribution in [0.3, 0.4) is 0 Å². The van der Waals surface area contributed by atoms with Gasteiger partial charge in [0.1, 0.15) is 5.75 Å². The van der Waals surface area contributed by atoms with Crippen molar-refractivity contribution in [3.05, 3.63) is 47.8 Å². The molecule has 0 saturated heterocycles. The minimum absolute atomic E-state index is 0. The number of ether oxygens (including phenoxy) is 3. The van der Waals surface area contributed by atoms with Crippen molar-refractivity contribution >= 4 is 29.9 Å². The topological polar surface area (TPSA) is 77.0 Å². The van der Waals surface area contributed by atoms with Crippen molar-refractivity contribution in [2.24, 2.45) is 10.9 Å². The molecule has 0 amide bonds. The zero-order valence-corrected chi connectivity index (χ0v) is 20.6. The normalized spacial score (nSPS) is 13.7. The lowest BCUT2D eigenvalue weighted by Gasteiger charge is -2.23. The van der Waals surface area contributed by atoms with Crippen molar-refractivity contribution in [3.8, 4) is 17.2 Å². The molecule has 1 unspecified atom stereocenters. The van der Waals surface area contributed by atoms with Crippen LogP contribution in [0.5, 0.6) is 17.2 Å². The highest BCUT2D eigenvalue weighted by Gasteiger charge is 2.20. The fourth-order valence-electron chi connectivity index (χ4n) is 3.34. The summed E-state index contributed by atoms with van der Waals surface area (Å²) in [5.41, 5.74) is 1.62. The molecule has 2 heterocycles. The number of alkyl halides is 2. The number of nitrogens with zero attached hydrogens (tertiary/aromatic N) is 2. The van der Waals surface area contributed by atoms with Crippen LogP contribution in [0.1, 0.15) is 37.8 Å². The van der Waals surface area contributed by atoms with Gasteiger partial charge < -0.3 is 24.8 Å². The summed E-state index contributed by atoms with van der Waals surface area (Å²) in [6, 6.07) is 7.02. The van der Waals surface area contributed by atoms with Crippen molar-refractivity contribution in [1.29, 1.82) is 0 Å². The van der Waals surface area contributed by atoms with Gasteiger partial charge in [0, 0.05) is 43.0 Å². The molecule has 1 aliphatic heterocycles. The first-order chi connectivity index (χ1) is 15.0. The number of benzene rings is 1. The first kappa shape index (κ1) is 25.9. The molecule has 176 valence electrons. The summed E-state index contributed by atoms with van der Waals surface area (Å²) >= 11 is 0. The van der Waals surface area contributed by atoms with Gasteiger partial charge in [-0.3, -0.25) is 4.98 Å². The smallest absolute Gasteiger partial charge is 0.387 e. The molecule has 1 atom stereocenters. The molecule has 2 N–H and O–H groups in total. The second-order valence-electron chi connectivity index (χ2n) is 7.40. The standard InChI is InChI=1S/C22H28F2N4O3.HI/c1-4-26-22(28-12-17(14(2)3)15-6-5-7-25-10-15)27-11-16-8-19-20(30-13-29-19)9-18(16)31-21(23)24;/h5-10,14,17,21H,4,11-13H2,1-3H3,(H2,26,27,28);1H. The third-order valence-electron chi connectivity index (χ3n) is 4.93.